The predicted molar refractivity (Wildman–Crippen MR) is 73.6 cm³/mol. The molecular weight excluding hydrogens is 266 g/mol. The van der Waals surface area contributed by atoms with Gasteiger partial charge in [0, 0.05) is 26.6 Å². The molecule has 3 N–H and O–H groups in total. The summed E-state index contributed by atoms with van der Waals surface area (Å²) in [5.74, 6) is -0.0364. The van der Waals surface area contributed by atoms with Gasteiger partial charge in [-0.25, -0.2) is 8.42 Å². The van der Waals surface area contributed by atoms with Crippen LogP contribution in [0.5, 0.6) is 0 Å². The van der Waals surface area contributed by atoms with Crippen molar-refractivity contribution in [2.75, 3.05) is 26.8 Å². The van der Waals surface area contributed by atoms with Gasteiger partial charge in [0.25, 0.3) is 0 Å². The average Bonchev–Trinajstić information content (AvgIpc) is 2.39. The first-order valence-corrected chi connectivity index (χ1v) is 7.29. The lowest BCUT2D eigenvalue weighted by Crippen LogP contribution is -2.36. The lowest BCUT2D eigenvalue weighted by atomic mass is 10.4. The molecule has 0 spiro atoms. The van der Waals surface area contributed by atoms with Crippen molar-refractivity contribution in [1.82, 2.24) is 4.31 Å². The number of nitrogens with zero attached hydrogens (tertiary/aromatic N) is 1. The number of nitrogens with one attached hydrogen (secondary N) is 1. The summed E-state index contributed by atoms with van der Waals surface area (Å²) in [7, 11) is -2.06. The van der Waals surface area contributed by atoms with Crippen molar-refractivity contribution in [2.45, 2.75) is 11.3 Å². The number of hydrogen-bond donors (Lipinski definition) is 2. The number of sulfonamides is 1. The molecule has 0 aromatic heterocycles. The Morgan fingerprint density at radius 2 is 1.95 bits per heavy atom. The first-order valence-electron chi connectivity index (χ1n) is 5.85. The number of nitrogens with two attached hydrogens (primary N) is 1. The molecule has 0 bridgehead atoms. The number of benzene rings is 1. The van der Waals surface area contributed by atoms with Crippen molar-refractivity contribution in [3.05, 3.63) is 30.3 Å². The summed E-state index contributed by atoms with van der Waals surface area (Å²) < 4.78 is 31.0. The maximum atomic E-state index is 12.4. The highest BCUT2D eigenvalue weighted by atomic mass is 32.2. The Bertz CT molecular complexity index is 502. The van der Waals surface area contributed by atoms with Crippen molar-refractivity contribution in [1.29, 1.82) is 5.41 Å². The third-order valence-corrected chi connectivity index (χ3v) is 4.47. The van der Waals surface area contributed by atoms with Crippen LogP contribution in [0, 0.1) is 5.41 Å². The Hall–Kier alpha value is -1.44. The predicted octanol–water partition coefficient (Wildman–Crippen LogP) is 0.650. The zero-order chi connectivity index (χ0) is 14.3. The van der Waals surface area contributed by atoms with E-state index in [9.17, 15) is 8.42 Å². The topological polar surface area (TPSA) is 96.5 Å². The quantitative estimate of drug-likeness (QED) is 0.541. The van der Waals surface area contributed by atoms with Gasteiger partial charge in [-0.3, -0.25) is 5.41 Å². The molecule has 7 heteroatoms. The van der Waals surface area contributed by atoms with Gasteiger partial charge in [-0.05, 0) is 12.1 Å². The van der Waals surface area contributed by atoms with Gasteiger partial charge in [-0.15, -0.1) is 0 Å². The Morgan fingerprint density at radius 3 is 2.47 bits per heavy atom. The number of ether oxygens (including phenoxy) is 1. The molecule has 0 unspecified atom stereocenters. The molecule has 106 valence electrons. The van der Waals surface area contributed by atoms with Crippen LogP contribution in [0.4, 0.5) is 0 Å². The van der Waals surface area contributed by atoms with E-state index in [2.05, 4.69) is 0 Å². The average molecular weight is 285 g/mol. The summed E-state index contributed by atoms with van der Waals surface area (Å²) >= 11 is 0. The van der Waals surface area contributed by atoms with Gasteiger partial charge < -0.3 is 10.5 Å². The lowest BCUT2D eigenvalue weighted by Gasteiger charge is -2.21. The van der Waals surface area contributed by atoms with Gasteiger partial charge in [-0.2, -0.15) is 4.31 Å². The van der Waals surface area contributed by atoms with Crippen LogP contribution in [0.2, 0.25) is 0 Å². The fourth-order valence-electron chi connectivity index (χ4n) is 1.53. The zero-order valence-corrected chi connectivity index (χ0v) is 11.7. The first-order chi connectivity index (χ1) is 8.98. The fourth-order valence-corrected chi connectivity index (χ4v) is 2.98. The zero-order valence-electron chi connectivity index (χ0n) is 10.9. The Kier molecular flexibility index (Phi) is 5.94. The lowest BCUT2D eigenvalue weighted by molar-refractivity contribution is 0.179. The Morgan fingerprint density at radius 1 is 1.32 bits per heavy atom. The van der Waals surface area contributed by atoms with E-state index in [1.807, 2.05) is 0 Å². The molecule has 0 radical (unpaired) electrons. The number of amidine groups is 1. The molecular formula is C12H19N3O3S. The van der Waals surface area contributed by atoms with Crippen LogP contribution in [0.25, 0.3) is 0 Å². The summed E-state index contributed by atoms with van der Waals surface area (Å²) in [6, 6.07) is 8.19. The second-order valence-corrected chi connectivity index (χ2v) is 5.92. The molecule has 1 aromatic rings. The van der Waals surface area contributed by atoms with E-state index in [4.69, 9.17) is 15.9 Å². The minimum atomic E-state index is -3.57. The third-order valence-electron chi connectivity index (χ3n) is 2.56. The number of rotatable bonds is 8. The van der Waals surface area contributed by atoms with Gasteiger partial charge in [-0.1, -0.05) is 18.2 Å². The fraction of sp³-hybridized carbons (Fsp3) is 0.417. The van der Waals surface area contributed by atoms with E-state index < -0.39 is 10.0 Å². The standard InChI is InChI=1S/C12H19N3O3S/c1-18-10-9-15(8-7-12(13)14)19(16,17)11-5-3-2-4-6-11/h2-6H,7-10H2,1H3,(H3,13,14). The van der Waals surface area contributed by atoms with E-state index in [0.717, 1.165) is 0 Å². The maximum absolute atomic E-state index is 12.4. The summed E-state index contributed by atoms with van der Waals surface area (Å²) in [5.41, 5.74) is 5.28. The monoisotopic (exact) mass is 285 g/mol. The molecule has 0 saturated heterocycles. The smallest absolute Gasteiger partial charge is 0.243 e. The van der Waals surface area contributed by atoms with E-state index in [1.54, 1.807) is 30.3 Å². The second kappa shape index (κ2) is 7.22. The summed E-state index contributed by atoms with van der Waals surface area (Å²) in [6.45, 7) is 0.709. The third kappa shape index (κ3) is 4.62. The van der Waals surface area contributed by atoms with Crippen LogP contribution in [0.3, 0.4) is 0 Å². The van der Waals surface area contributed by atoms with E-state index >= 15 is 0 Å². The van der Waals surface area contributed by atoms with Gasteiger partial charge in [0.05, 0.1) is 17.3 Å². The highest BCUT2D eigenvalue weighted by Crippen LogP contribution is 2.15. The maximum Gasteiger partial charge on any atom is 0.243 e. The van der Waals surface area contributed by atoms with E-state index in [1.165, 1.54) is 11.4 Å². The van der Waals surface area contributed by atoms with E-state index in [-0.39, 0.29) is 30.2 Å². The normalized spacial score (nSPS) is 11.7. The van der Waals surface area contributed by atoms with Gasteiger partial charge >= 0.3 is 0 Å². The molecule has 0 saturated carbocycles. The molecule has 0 atom stereocenters. The molecule has 0 aliphatic rings. The first kappa shape index (κ1) is 15.6. The molecule has 0 aliphatic heterocycles. The van der Waals surface area contributed by atoms with Gasteiger partial charge in [0.1, 0.15) is 0 Å². The molecule has 0 aliphatic carbocycles. The molecule has 1 aromatic carbocycles. The van der Waals surface area contributed by atoms with Crippen LogP contribution in [0.1, 0.15) is 6.42 Å². The van der Waals surface area contributed by atoms with Crippen LogP contribution in [0.15, 0.2) is 35.2 Å². The van der Waals surface area contributed by atoms with Crippen molar-refractivity contribution >= 4 is 15.9 Å². The summed E-state index contributed by atoms with van der Waals surface area (Å²) in [5, 5.41) is 7.20. The molecule has 6 nitrogen and oxygen atoms in total. The summed E-state index contributed by atoms with van der Waals surface area (Å²) in [6.07, 6.45) is 0.204. The minimum absolute atomic E-state index is 0.0364. The molecule has 0 fully saturated rings. The van der Waals surface area contributed by atoms with Crippen LogP contribution in [-0.4, -0.2) is 45.4 Å². The van der Waals surface area contributed by atoms with Crippen molar-refractivity contribution in [3.8, 4) is 0 Å². The Labute approximate surface area is 113 Å². The van der Waals surface area contributed by atoms with Gasteiger partial charge in [0.15, 0.2) is 0 Å². The molecule has 0 amide bonds. The largest absolute Gasteiger partial charge is 0.388 e. The summed E-state index contributed by atoms with van der Waals surface area (Å²) in [4.78, 5) is 0.231. The van der Waals surface area contributed by atoms with Crippen LogP contribution < -0.4 is 5.73 Å². The minimum Gasteiger partial charge on any atom is -0.388 e. The van der Waals surface area contributed by atoms with Gasteiger partial charge in [0.2, 0.25) is 10.0 Å². The van der Waals surface area contributed by atoms with Crippen molar-refractivity contribution < 1.29 is 13.2 Å². The number of methoxy groups -OCH3 is 1. The van der Waals surface area contributed by atoms with Crippen molar-refractivity contribution in [2.24, 2.45) is 5.73 Å². The highest BCUT2D eigenvalue weighted by molar-refractivity contribution is 7.89. The van der Waals surface area contributed by atoms with Crippen molar-refractivity contribution in [3.63, 3.8) is 0 Å². The number of hydrogen-bond acceptors (Lipinski definition) is 4. The SMILES string of the molecule is COCCN(CCC(=N)N)S(=O)(=O)c1ccccc1. The highest BCUT2D eigenvalue weighted by Gasteiger charge is 2.23. The van der Waals surface area contributed by atoms with Crippen LogP contribution in [-0.2, 0) is 14.8 Å². The molecule has 19 heavy (non-hydrogen) atoms. The molecule has 0 heterocycles. The Balaban J connectivity index is 2.91. The second-order valence-electron chi connectivity index (χ2n) is 3.99. The molecule has 1 rings (SSSR count). The van der Waals surface area contributed by atoms with E-state index in [0.29, 0.717) is 6.61 Å². The van der Waals surface area contributed by atoms with Crippen LogP contribution >= 0.6 is 0 Å².